The standard InChI is InChI=1S/C16H16F3N7O/c1-26(15-9-21-2-3-27-15)12-4-13(24-7-11(12)16(17,18)19)25-14-8-22-10(5-20)6-23-14/h4,6-8,15,21H,2-3,9H2,1H3,(H,23,24,25). The van der Waals surface area contributed by atoms with E-state index in [9.17, 15) is 13.2 Å². The van der Waals surface area contributed by atoms with Crippen LogP contribution in [0.2, 0.25) is 0 Å². The number of nitriles is 1. The number of nitrogens with one attached hydrogen (secondary N) is 2. The molecule has 0 radical (unpaired) electrons. The highest BCUT2D eigenvalue weighted by Gasteiger charge is 2.36. The molecule has 1 unspecified atom stereocenters. The first kappa shape index (κ1) is 18.8. The number of halogens is 3. The lowest BCUT2D eigenvalue weighted by Gasteiger charge is -2.34. The van der Waals surface area contributed by atoms with Crippen LogP contribution in [0.1, 0.15) is 11.3 Å². The fraction of sp³-hybridized carbons (Fsp3) is 0.375. The van der Waals surface area contributed by atoms with E-state index in [1.54, 1.807) is 0 Å². The van der Waals surface area contributed by atoms with Crippen LogP contribution in [0.3, 0.4) is 0 Å². The number of hydrogen-bond donors (Lipinski definition) is 2. The number of nitrogens with zero attached hydrogens (tertiary/aromatic N) is 5. The second-order valence-corrected chi connectivity index (χ2v) is 5.75. The lowest BCUT2D eigenvalue weighted by Crippen LogP contribution is -2.48. The van der Waals surface area contributed by atoms with Gasteiger partial charge in [-0.3, -0.25) is 0 Å². The van der Waals surface area contributed by atoms with E-state index in [2.05, 4.69) is 25.6 Å². The molecule has 1 atom stereocenters. The lowest BCUT2D eigenvalue weighted by atomic mass is 10.2. The van der Waals surface area contributed by atoms with Gasteiger partial charge in [-0.05, 0) is 0 Å². The Morgan fingerprint density at radius 1 is 1.26 bits per heavy atom. The summed E-state index contributed by atoms with van der Waals surface area (Å²) in [6.45, 7) is 1.46. The molecule has 3 heterocycles. The van der Waals surface area contributed by atoms with Crippen molar-refractivity contribution in [3.63, 3.8) is 0 Å². The smallest absolute Gasteiger partial charge is 0.356 e. The molecule has 1 fully saturated rings. The van der Waals surface area contributed by atoms with E-state index in [-0.39, 0.29) is 23.0 Å². The van der Waals surface area contributed by atoms with Crippen molar-refractivity contribution in [2.75, 3.05) is 37.0 Å². The summed E-state index contributed by atoms with van der Waals surface area (Å²) in [5.41, 5.74) is -0.811. The largest absolute Gasteiger partial charge is 0.419 e. The normalized spacial score (nSPS) is 17.2. The predicted molar refractivity (Wildman–Crippen MR) is 90.3 cm³/mol. The Morgan fingerprint density at radius 2 is 2.04 bits per heavy atom. The van der Waals surface area contributed by atoms with Crippen LogP contribution in [-0.2, 0) is 10.9 Å². The molecular formula is C16H16F3N7O. The molecule has 0 spiro atoms. The van der Waals surface area contributed by atoms with Gasteiger partial charge in [0, 0.05) is 32.4 Å². The van der Waals surface area contributed by atoms with E-state index in [0.717, 1.165) is 6.20 Å². The first-order valence-corrected chi connectivity index (χ1v) is 8.00. The third-order valence-electron chi connectivity index (χ3n) is 3.93. The molecule has 2 aromatic heterocycles. The molecule has 0 amide bonds. The first-order chi connectivity index (χ1) is 12.9. The molecule has 1 aliphatic rings. The third kappa shape index (κ3) is 4.42. The Morgan fingerprint density at radius 3 is 2.63 bits per heavy atom. The van der Waals surface area contributed by atoms with Gasteiger partial charge in [0.05, 0.1) is 30.3 Å². The van der Waals surface area contributed by atoms with Crippen molar-refractivity contribution in [3.8, 4) is 6.07 Å². The molecule has 3 rings (SSSR count). The number of hydrogen-bond acceptors (Lipinski definition) is 8. The number of anilines is 3. The quantitative estimate of drug-likeness (QED) is 0.831. The van der Waals surface area contributed by atoms with Crippen molar-refractivity contribution in [1.29, 1.82) is 5.26 Å². The molecule has 1 aliphatic heterocycles. The second-order valence-electron chi connectivity index (χ2n) is 5.75. The van der Waals surface area contributed by atoms with Gasteiger partial charge in [-0.25, -0.2) is 15.0 Å². The summed E-state index contributed by atoms with van der Waals surface area (Å²) in [6.07, 6.45) is -1.78. The van der Waals surface area contributed by atoms with Crippen molar-refractivity contribution < 1.29 is 17.9 Å². The van der Waals surface area contributed by atoms with Gasteiger partial charge in [0.25, 0.3) is 0 Å². The number of ether oxygens (including phenoxy) is 1. The molecule has 2 aromatic rings. The Bertz CT molecular complexity index is 829. The summed E-state index contributed by atoms with van der Waals surface area (Å²) < 4.78 is 45.8. The summed E-state index contributed by atoms with van der Waals surface area (Å²) in [5, 5.41) is 14.6. The number of pyridine rings is 1. The summed E-state index contributed by atoms with van der Waals surface area (Å²) in [6, 6.07) is 3.11. The molecule has 11 heteroatoms. The van der Waals surface area contributed by atoms with Gasteiger partial charge < -0.3 is 20.3 Å². The van der Waals surface area contributed by atoms with Crippen LogP contribution < -0.4 is 15.5 Å². The van der Waals surface area contributed by atoms with E-state index in [1.807, 2.05) is 6.07 Å². The topological polar surface area (TPSA) is 99.0 Å². The average molecular weight is 379 g/mol. The molecular weight excluding hydrogens is 363 g/mol. The number of rotatable bonds is 4. The predicted octanol–water partition coefficient (Wildman–Crippen LogP) is 1.89. The number of aromatic nitrogens is 3. The van der Waals surface area contributed by atoms with Crippen LogP contribution in [0, 0.1) is 11.3 Å². The minimum absolute atomic E-state index is 0.0738. The fourth-order valence-electron chi connectivity index (χ4n) is 2.56. The van der Waals surface area contributed by atoms with Gasteiger partial charge in [-0.1, -0.05) is 0 Å². The number of alkyl halides is 3. The van der Waals surface area contributed by atoms with E-state index in [1.165, 1.54) is 30.4 Å². The van der Waals surface area contributed by atoms with Crippen molar-refractivity contribution in [1.82, 2.24) is 20.3 Å². The van der Waals surface area contributed by atoms with Crippen molar-refractivity contribution in [2.24, 2.45) is 0 Å². The summed E-state index contributed by atoms with van der Waals surface area (Å²) in [4.78, 5) is 13.1. The van der Waals surface area contributed by atoms with Crippen LogP contribution in [-0.4, -0.2) is 47.9 Å². The zero-order chi connectivity index (χ0) is 19.4. The van der Waals surface area contributed by atoms with Gasteiger partial charge in [-0.2, -0.15) is 18.4 Å². The SMILES string of the molecule is CN(c1cc(Nc2cnc(C#N)cn2)ncc1C(F)(F)F)C1CNCCO1. The van der Waals surface area contributed by atoms with E-state index in [0.29, 0.717) is 19.7 Å². The Balaban J connectivity index is 1.91. The number of likely N-dealkylation sites (N-methyl/N-ethyl adjacent to an activating group) is 1. The van der Waals surface area contributed by atoms with Gasteiger partial charge in [0.15, 0.2) is 5.69 Å². The molecule has 1 saturated heterocycles. The van der Waals surface area contributed by atoms with E-state index in [4.69, 9.17) is 10.00 Å². The maximum atomic E-state index is 13.4. The molecule has 0 saturated carbocycles. The molecule has 2 N–H and O–H groups in total. The minimum atomic E-state index is -4.56. The molecule has 0 aliphatic carbocycles. The van der Waals surface area contributed by atoms with Crippen molar-refractivity contribution in [2.45, 2.75) is 12.4 Å². The van der Waals surface area contributed by atoms with Crippen LogP contribution in [0.5, 0.6) is 0 Å². The van der Waals surface area contributed by atoms with Crippen LogP contribution >= 0.6 is 0 Å². The molecule has 0 aromatic carbocycles. The van der Waals surface area contributed by atoms with Crippen molar-refractivity contribution >= 4 is 17.3 Å². The monoisotopic (exact) mass is 379 g/mol. The first-order valence-electron chi connectivity index (χ1n) is 8.00. The second kappa shape index (κ2) is 7.73. The Labute approximate surface area is 153 Å². The van der Waals surface area contributed by atoms with Crippen LogP contribution in [0.4, 0.5) is 30.5 Å². The maximum Gasteiger partial charge on any atom is 0.419 e. The highest BCUT2D eigenvalue weighted by atomic mass is 19.4. The van der Waals surface area contributed by atoms with Crippen LogP contribution in [0.15, 0.2) is 24.7 Å². The molecule has 27 heavy (non-hydrogen) atoms. The van der Waals surface area contributed by atoms with E-state index >= 15 is 0 Å². The summed E-state index contributed by atoms with van der Waals surface area (Å²) in [5.74, 6) is 0.415. The highest BCUT2D eigenvalue weighted by Crippen LogP contribution is 2.37. The van der Waals surface area contributed by atoms with Gasteiger partial charge in [0.1, 0.15) is 23.9 Å². The van der Waals surface area contributed by atoms with Gasteiger partial charge >= 0.3 is 6.18 Å². The fourth-order valence-corrected chi connectivity index (χ4v) is 2.56. The zero-order valence-corrected chi connectivity index (χ0v) is 14.3. The van der Waals surface area contributed by atoms with E-state index < -0.39 is 18.0 Å². The highest BCUT2D eigenvalue weighted by molar-refractivity contribution is 5.63. The minimum Gasteiger partial charge on any atom is -0.356 e. The summed E-state index contributed by atoms with van der Waals surface area (Å²) in [7, 11) is 1.54. The Kier molecular flexibility index (Phi) is 5.38. The maximum absolute atomic E-state index is 13.4. The van der Waals surface area contributed by atoms with Gasteiger partial charge in [0.2, 0.25) is 0 Å². The summed E-state index contributed by atoms with van der Waals surface area (Å²) >= 11 is 0. The average Bonchev–Trinajstić information content (AvgIpc) is 2.68. The number of morpholine rings is 1. The van der Waals surface area contributed by atoms with Crippen molar-refractivity contribution in [3.05, 3.63) is 35.9 Å². The Hall–Kier alpha value is -2.97. The molecule has 8 nitrogen and oxygen atoms in total. The van der Waals surface area contributed by atoms with Gasteiger partial charge in [-0.15, -0.1) is 0 Å². The molecule has 0 bridgehead atoms. The third-order valence-corrected chi connectivity index (χ3v) is 3.93. The van der Waals surface area contributed by atoms with Crippen LogP contribution in [0.25, 0.3) is 0 Å². The zero-order valence-electron chi connectivity index (χ0n) is 14.3. The molecule has 142 valence electrons. The lowest BCUT2D eigenvalue weighted by molar-refractivity contribution is -0.137.